The maximum absolute atomic E-state index is 10.6. The van der Waals surface area contributed by atoms with E-state index in [1.807, 2.05) is 0 Å². The van der Waals surface area contributed by atoms with Gasteiger partial charge in [-0.25, -0.2) is 4.98 Å². The third-order valence-corrected chi connectivity index (χ3v) is 1.74. The van der Waals surface area contributed by atoms with Crippen LogP contribution >= 0.6 is 0 Å². The van der Waals surface area contributed by atoms with Crippen LogP contribution < -0.4 is 0 Å². The number of H-pyrrole nitrogens is 1. The third kappa shape index (κ3) is 1.33. The Morgan fingerprint density at radius 2 is 2.21 bits per heavy atom. The number of aromatic nitrogens is 3. The summed E-state index contributed by atoms with van der Waals surface area (Å²) in [6, 6.07) is 4.57. The van der Waals surface area contributed by atoms with E-state index in [-0.39, 0.29) is 5.69 Å². The van der Waals surface area contributed by atoms with Crippen molar-refractivity contribution in [2.45, 2.75) is 0 Å². The predicted octanol–water partition coefficient (Wildman–Crippen LogP) is 1.38. The average Bonchev–Trinajstić information content (AvgIpc) is 2.70. The molecule has 0 atom stereocenters. The highest BCUT2D eigenvalue weighted by atomic mass is 16.6. The Kier molecular flexibility index (Phi) is 1.94. The van der Waals surface area contributed by atoms with E-state index < -0.39 is 4.92 Å². The molecule has 0 aliphatic heterocycles. The molecule has 2 aromatic heterocycles. The van der Waals surface area contributed by atoms with E-state index in [9.17, 15) is 10.1 Å². The molecule has 0 saturated heterocycles. The summed E-state index contributed by atoms with van der Waals surface area (Å²) < 4.78 is 0. The summed E-state index contributed by atoms with van der Waals surface area (Å²) in [7, 11) is 0. The predicted molar refractivity (Wildman–Crippen MR) is 48.5 cm³/mol. The van der Waals surface area contributed by atoms with Gasteiger partial charge in [0.15, 0.2) is 5.69 Å². The number of pyridine rings is 1. The Bertz CT molecular complexity index is 452. The molecule has 70 valence electrons. The molecule has 0 amide bonds. The van der Waals surface area contributed by atoms with Crippen LogP contribution in [0.3, 0.4) is 0 Å². The van der Waals surface area contributed by atoms with E-state index >= 15 is 0 Å². The van der Waals surface area contributed by atoms with Crippen LogP contribution in [0.15, 0.2) is 30.6 Å². The number of nitrogens with zero attached hydrogens (tertiary/aromatic N) is 3. The number of hydrogen-bond donors (Lipinski definition) is 1. The zero-order valence-corrected chi connectivity index (χ0v) is 7.04. The molecule has 0 aliphatic rings. The van der Waals surface area contributed by atoms with Gasteiger partial charge in [-0.2, -0.15) is 5.10 Å². The van der Waals surface area contributed by atoms with Crippen molar-refractivity contribution in [3.8, 4) is 11.4 Å². The van der Waals surface area contributed by atoms with Gasteiger partial charge >= 0.3 is 0 Å². The van der Waals surface area contributed by atoms with Crippen LogP contribution in [0.2, 0.25) is 0 Å². The van der Waals surface area contributed by atoms with Crippen LogP contribution in [0.5, 0.6) is 0 Å². The second kappa shape index (κ2) is 3.25. The monoisotopic (exact) mass is 190 g/mol. The molecular formula is C8H6N4O2. The minimum Gasteiger partial charge on any atom is -0.276 e. The molecule has 0 unspecified atom stereocenters. The lowest BCUT2D eigenvalue weighted by Crippen LogP contribution is -1.94. The van der Waals surface area contributed by atoms with Crippen molar-refractivity contribution >= 4 is 5.69 Å². The fourth-order valence-electron chi connectivity index (χ4n) is 1.14. The van der Waals surface area contributed by atoms with E-state index in [4.69, 9.17) is 0 Å². The first-order chi connectivity index (χ1) is 6.79. The molecule has 0 saturated carbocycles. The second-order valence-electron chi connectivity index (χ2n) is 2.60. The quantitative estimate of drug-likeness (QED) is 0.572. The molecule has 0 aromatic carbocycles. The third-order valence-electron chi connectivity index (χ3n) is 1.74. The molecule has 0 bridgehead atoms. The fourth-order valence-corrected chi connectivity index (χ4v) is 1.14. The summed E-state index contributed by atoms with van der Waals surface area (Å²) >= 11 is 0. The van der Waals surface area contributed by atoms with Crippen molar-refractivity contribution in [1.29, 1.82) is 0 Å². The molecular weight excluding hydrogens is 184 g/mol. The topological polar surface area (TPSA) is 84.7 Å². The van der Waals surface area contributed by atoms with Gasteiger partial charge in [0.05, 0.1) is 10.6 Å². The normalized spacial score (nSPS) is 10.0. The lowest BCUT2D eigenvalue weighted by atomic mass is 10.2. The minimum atomic E-state index is -0.469. The summed E-state index contributed by atoms with van der Waals surface area (Å²) in [6.45, 7) is 0. The standard InChI is InChI=1S/C8H6N4O2/c13-12(14)7-2-1-4-9-8(7)6-3-5-10-11-6/h1-5H,(H,10,11). The Morgan fingerprint density at radius 1 is 1.36 bits per heavy atom. The summed E-state index contributed by atoms with van der Waals surface area (Å²) in [5, 5.41) is 17.0. The first kappa shape index (κ1) is 8.36. The van der Waals surface area contributed by atoms with E-state index in [2.05, 4.69) is 15.2 Å². The van der Waals surface area contributed by atoms with E-state index in [0.29, 0.717) is 11.4 Å². The second-order valence-corrected chi connectivity index (χ2v) is 2.60. The zero-order chi connectivity index (χ0) is 9.97. The molecule has 6 nitrogen and oxygen atoms in total. The molecule has 1 N–H and O–H groups in total. The lowest BCUT2D eigenvalue weighted by Gasteiger charge is -1.97. The van der Waals surface area contributed by atoms with E-state index in [1.54, 1.807) is 6.07 Å². The first-order valence-corrected chi connectivity index (χ1v) is 3.88. The number of hydrogen-bond acceptors (Lipinski definition) is 4. The van der Waals surface area contributed by atoms with Crippen LogP contribution in [0, 0.1) is 10.1 Å². The molecule has 14 heavy (non-hydrogen) atoms. The number of rotatable bonds is 2. The molecule has 6 heteroatoms. The molecule has 0 aliphatic carbocycles. The van der Waals surface area contributed by atoms with Crippen LogP contribution in [-0.2, 0) is 0 Å². The van der Waals surface area contributed by atoms with Crippen molar-refractivity contribution < 1.29 is 4.92 Å². The summed E-state index contributed by atoms with van der Waals surface area (Å²) in [6.07, 6.45) is 3.02. The summed E-state index contributed by atoms with van der Waals surface area (Å²) in [5.74, 6) is 0. The maximum Gasteiger partial charge on any atom is 0.297 e. The van der Waals surface area contributed by atoms with Gasteiger partial charge in [-0.1, -0.05) is 0 Å². The Balaban J connectivity index is 2.58. The molecule has 0 radical (unpaired) electrons. The van der Waals surface area contributed by atoms with Gasteiger partial charge in [-0.15, -0.1) is 0 Å². The van der Waals surface area contributed by atoms with Gasteiger partial charge in [0.2, 0.25) is 0 Å². The highest BCUT2D eigenvalue weighted by molar-refractivity contribution is 5.65. The first-order valence-electron chi connectivity index (χ1n) is 3.88. The minimum absolute atomic E-state index is 0.0308. The summed E-state index contributed by atoms with van der Waals surface area (Å²) in [5.41, 5.74) is 0.809. The average molecular weight is 190 g/mol. The molecule has 2 rings (SSSR count). The number of nitro groups is 1. The van der Waals surface area contributed by atoms with Crippen LogP contribution in [0.1, 0.15) is 0 Å². The lowest BCUT2D eigenvalue weighted by molar-refractivity contribution is -0.384. The SMILES string of the molecule is O=[N+]([O-])c1cccnc1-c1ccn[nH]1. The van der Waals surface area contributed by atoms with Gasteiger partial charge in [-0.3, -0.25) is 15.2 Å². The molecule has 2 heterocycles. The molecule has 0 spiro atoms. The number of nitrogens with one attached hydrogen (secondary N) is 1. The van der Waals surface area contributed by atoms with Crippen molar-refractivity contribution in [2.24, 2.45) is 0 Å². The Labute approximate surface area is 78.8 Å². The highest BCUT2D eigenvalue weighted by Gasteiger charge is 2.16. The highest BCUT2D eigenvalue weighted by Crippen LogP contribution is 2.24. The van der Waals surface area contributed by atoms with Crippen LogP contribution in [-0.4, -0.2) is 20.1 Å². The largest absolute Gasteiger partial charge is 0.297 e. The van der Waals surface area contributed by atoms with Crippen molar-refractivity contribution in [3.63, 3.8) is 0 Å². The zero-order valence-electron chi connectivity index (χ0n) is 7.04. The molecule has 2 aromatic rings. The van der Waals surface area contributed by atoms with E-state index in [1.165, 1.54) is 24.5 Å². The van der Waals surface area contributed by atoms with Gasteiger partial charge in [-0.05, 0) is 12.1 Å². The number of aromatic amines is 1. The van der Waals surface area contributed by atoms with Crippen molar-refractivity contribution in [1.82, 2.24) is 15.2 Å². The van der Waals surface area contributed by atoms with Crippen molar-refractivity contribution in [2.75, 3.05) is 0 Å². The van der Waals surface area contributed by atoms with E-state index in [0.717, 1.165) is 0 Å². The van der Waals surface area contributed by atoms with Crippen molar-refractivity contribution in [3.05, 3.63) is 40.7 Å². The summed E-state index contributed by atoms with van der Waals surface area (Å²) in [4.78, 5) is 14.1. The Hall–Kier alpha value is -2.24. The maximum atomic E-state index is 10.6. The van der Waals surface area contributed by atoms with Gasteiger partial charge < -0.3 is 0 Å². The smallest absolute Gasteiger partial charge is 0.276 e. The van der Waals surface area contributed by atoms with Gasteiger partial charge in [0, 0.05) is 18.5 Å². The van der Waals surface area contributed by atoms with Crippen LogP contribution in [0.25, 0.3) is 11.4 Å². The van der Waals surface area contributed by atoms with Crippen LogP contribution in [0.4, 0.5) is 5.69 Å². The van der Waals surface area contributed by atoms with Gasteiger partial charge in [0.1, 0.15) is 0 Å². The Morgan fingerprint density at radius 3 is 2.86 bits per heavy atom. The molecule has 0 fully saturated rings. The van der Waals surface area contributed by atoms with Gasteiger partial charge in [0.25, 0.3) is 5.69 Å². The fraction of sp³-hybridized carbons (Fsp3) is 0.